The van der Waals surface area contributed by atoms with E-state index in [2.05, 4.69) is 4.98 Å². The standard InChI is InChI=1S/C16H20FN2O2S/c1-16(2)9-11(6-7-19(16)22(3,20)21)14-10-18-15-8-12(17)4-5-13(14)15/h4-5,7-8,10-11,18H,6,9H2,1-3H3/q+1. The lowest BCUT2D eigenvalue weighted by Crippen LogP contribution is -2.44. The van der Waals surface area contributed by atoms with Crippen molar-refractivity contribution in [2.24, 2.45) is 0 Å². The zero-order chi connectivity index (χ0) is 16.1. The molecule has 6 heteroatoms. The third kappa shape index (κ3) is 2.56. The molecule has 118 valence electrons. The summed E-state index contributed by atoms with van der Waals surface area (Å²) in [5, 5.41) is 1.00. The van der Waals surface area contributed by atoms with Gasteiger partial charge in [-0.3, -0.25) is 0 Å². The van der Waals surface area contributed by atoms with E-state index in [0.29, 0.717) is 6.42 Å². The van der Waals surface area contributed by atoms with Gasteiger partial charge >= 0.3 is 10.0 Å². The summed E-state index contributed by atoms with van der Waals surface area (Å²) in [5.74, 6) is -0.0492. The van der Waals surface area contributed by atoms with Crippen molar-refractivity contribution >= 4 is 27.1 Å². The van der Waals surface area contributed by atoms with Crippen LogP contribution in [0.2, 0.25) is 0 Å². The Morgan fingerprint density at radius 1 is 1.36 bits per heavy atom. The van der Waals surface area contributed by atoms with Gasteiger partial charge in [-0.25, -0.2) is 4.39 Å². The molecule has 1 N–H and O–H groups in total. The molecule has 1 atom stereocenters. The van der Waals surface area contributed by atoms with Crippen molar-refractivity contribution in [3.05, 3.63) is 35.8 Å². The average molecular weight is 323 g/mol. The maximum Gasteiger partial charge on any atom is 0.361 e. The Labute approximate surface area is 129 Å². The van der Waals surface area contributed by atoms with Crippen molar-refractivity contribution in [1.29, 1.82) is 0 Å². The monoisotopic (exact) mass is 323 g/mol. The maximum atomic E-state index is 13.3. The summed E-state index contributed by atoms with van der Waals surface area (Å²) in [6.45, 7) is 3.87. The van der Waals surface area contributed by atoms with Crippen molar-refractivity contribution in [2.75, 3.05) is 6.26 Å². The molecule has 0 fully saturated rings. The molecule has 3 rings (SSSR count). The Bertz CT molecular complexity index is 865. The number of hydrogen-bond donors (Lipinski definition) is 1. The smallest absolute Gasteiger partial charge is 0.361 e. The van der Waals surface area contributed by atoms with Crippen LogP contribution in [0.5, 0.6) is 0 Å². The van der Waals surface area contributed by atoms with Crippen LogP contribution < -0.4 is 0 Å². The highest BCUT2D eigenvalue weighted by atomic mass is 32.2. The Balaban J connectivity index is 2.02. The first-order chi connectivity index (χ1) is 10.2. The predicted molar refractivity (Wildman–Crippen MR) is 85.5 cm³/mol. The summed E-state index contributed by atoms with van der Waals surface area (Å²) in [5.41, 5.74) is 1.42. The molecule has 1 aliphatic rings. The summed E-state index contributed by atoms with van der Waals surface area (Å²) < 4.78 is 38.5. The summed E-state index contributed by atoms with van der Waals surface area (Å²) in [6.07, 6.45) is 6.29. The molecule has 0 radical (unpaired) electrons. The number of halogens is 1. The molecule has 1 aliphatic heterocycles. The normalized spacial score (nSPS) is 21.8. The number of H-pyrrole nitrogens is 1. The molecular formula is C16H20FN2O2S+. The van der Waals surface area contributed by atoms with Crippen LogP contribution in [-0.2, 0) is 10.0 Å². The van der Waals surface area contributed by atoms with Crippen molar-refractivity contribution in [2.45, 2.75) is 38.1 Å². The second-order valence-electron chi connectivity index (χ2n) is 6.62. The third-order valence-electron chi connectivity index (χ3n) is 4.37. The van der Waals surface area contributed by atoms with Crippen molar-refractivity contribution in [3.63, 3.8) is 0 Å². The van der Waals surface area contributed by atoms with E-state index in [1.807, 2.05) is 20.0 Å². The fourth-order valence-electron chi connectivity index (χ4n) is 3.53. The summed E-state index contributed by atoms with van der Waals surface area (Å²) >= 11 is 0. The van der Waals surface area contributed by atoms with Gasteiger partial charge in [0.1, 0.15) is 5.82 Å². The summed E-state index contributed by atoms with van der Waals surface area (Å²) in [6, 6.07) is 4.73. The van der Waals surface area contributed by atoms with Gasteiger partial charge in [0.15, 0.2) is 11.8 Å². The maximum absolute atomic E-state index is 13.3. The van der Waals surface area contributed by atoms with E-state index < -0.39 is 15.6 Å². The van der Waals surface area contributed by atoms with Gasteiger partial charge in [0.05, 0.1) is 6.26 Å². The van der Waals surface area contributed by atoms with Gasteiger partial charge in [0.2, 0.25) is 0 Å². The van der Waals surface area contributed by atoms with Gasteiger partial charge in [-0.1, -0.05) is 0 Å². The van der Waals surface area contributed by atoms with Gasteiger partial charge in [-0.2, -0.15) is 8.42 Å². The number of rotatable bonds is 2. The fourth-order valence-corrected chi connectivity index (χ4v) is 4.86. The highest BCUT2D eigenvalue weighted by Crippen LogP contribution is 2.37. The quantitative estimate of drug-likeness (QED) is 0.864. The Hall–Kier alpha value is -1.69. The number of aromatic amines is 1. The molecule has 0 bridgehead atoms. The summed E-state index contributed by atoms with van der Waals surface area (Å²) in [7, 11) is -3.25. The highest BCUT2D eigenvalue weighted by molar-refractivity contribution is 7.84. The molecule has 0 saturated heterocycles. The third-order valence-corrected chi connectivity index (χ3v) is 5.73. The molecule has 0 aliphatic carbocycles. The second-order valence-corrected chi connectivity index (χ2v) is 8.48. The predicted octanol–water partition coefficient (Wildman–Crippen LogP) is 3.01. The first-order valence-corrected chi connectivity index (χ1v) is 9.13. The highest BCUT2D eigenvalue weighted by Gasteiger charge is 2.43. The number of benzene rings is 1. The van der Waals surface area contributed by atoms with Crippen LogP contribution in [0, 0.1) is 5.82 Å². The first kappa shape index (κ1) is 15.2. The van der Waals surface area contributed by atoms with Gasteiger partial charge in [-0.05, 0) is 23.8 Å². The molecule has 1 unspecified atom stereocenters. The van der Waals surface area contributed by atoms with Crippen LogP contribution in [0.4, 0.5) is 4.39 Å². The number of aromatic nitrogens is 1. The lowest BCUT2D eigenvalue weighted by Gasteiger charge is -2.29. The Morgan fingerprint density at radius 3 is 2.73 bits per heavy atom. The van der Waals surface area contributed by atoms with Gasteiger partial charge in [0, 0.05) is 49.7 Å². The molecule has 0 saturated carbocycles. The molecule has 2 aromatic rings. The Kier molecular flexibility index (Phi) is 3.40. The molecule has 0 amide bonds. The van der Waals surface area contributed by atoms with Crippen molar-refractivity contribution in [1.82, 2.24) is 4.98 Å². The minimum Gasteiger partial charge on any atom is -0.361 e. The fraction of sp³-hybridized carbons (Fsp3) is 0.438. The number of sulfonamides is 1. The van der Waals surface area contributed by atoms with E-state index in [1.54, 1.807) is 12.3 Å². The van der Waals surface area contributed by atoms with E-state index in [0.717, 1.165) is 22.9 Å². The van der Waals surface area contributed by atoms with E-state index in [4.69, 9.17) is 0 Å². The lowest BCUT2D eigenvalue weighted by molar-refractivity contribution is -0.463. The van der Waals surface area contributed by atoms with E-state index in [1.165, 1.54) is 22.4 Å². The van der Waals surface area contributed by atoms with Crippen molar-refractivity contribution in [3.8, 4) is 0 Å². The topological polar surface area (TPSA) is 52.9 Å². The molecule has 2 heterocycles. The number of hydrogen-bond acceptors (Lipinski definition) is 2. The van der Waals surface area contributed by atoms with E-state index >= 15 is 0 Å². The van der Waals surface area contributed by atoms with Gasteiger partial charge < -0.3 is 4.98 Å². The SMILES string of the molecule is CC1(C)CC(c2c[nH]c3cc(F)ccc23)CC=[N+]1S(C)(=O)=O. The molecular weight excluding hydrogens is 303 g/mol. The number of nitrogens with zero attached hydrogens (tertiary/aromatic N) is 1. The van der Waals surface area contributed by atoms with E-state index in [9.17, 15) is 12.8 Å². The van der Waals surface area contributed by atoms with Crippen LogP contribution in [0.1, 0.15) is 38.2 Å². The zero-order valence-electron chi connectivity index (χ0n) is 12.9. The molecule has 1 aromatic carbocycles. The van der Waals surface area contributed by atoms with Gasteiger partial charge in [-0.15, -0.1) is 3.98 Å². The van der Waals surface area contributed by atoms with E-state index in [-0.39, 0.29) is 11.7 Å². The molecule has 0 spiro atoms. The van der Waals surface area contributed by atoms with Crippen LogP contribution in [0.25, 0.3) is 10.9 Å². The summed E-state index contributed by atoms with van der Waals surface area (Å²) in [4.78, 5) is 3.11. The van der Waals surface area contributed by atoms with Gasteiger partial charge in [0.25, 0.3) is 0 Å². The van der Waals surface area contributed by atoms with Crippen LogP contribution in [0.3, 0.4) is 0 Å². The minimum atomic E-state index is -3.25. The first-order valence-electron chi connectivity index (χ1n) is 7.28. The van der Waals surface area contributed by atoms with Crippen LogP contribution in [-0.4, -0.2) is 35.4 Å². The molecule has 1 aromatic heterocycles. The number of nitrogens with one attached hydrogen (secondary N) is 1. The lowest BCUT2D eigenvalue weighted by atomic mass is 9.82. The second kappa shape index (κ2) is 4.91. The molecule has 4 nitrogen and oxygen atoms in total. The van der Waals surface area contributed by atoms with Crippen molar-refractivity contribution < 1.29 is 16.8 Å². The van der Waals surface area contributed by atoms with Crippen LogP contribution in [0.15, 0.2) is 24.4 Å². The average Bonchev–Trinajstić information content (AvgIpc) is 2.78. The minimum absolute atomic E-state index is 0.215. The molecule has 22 heavy (non-hydrogen) atoms. The number of fused-ring (bicyclic) bond motifs is 1. The Morgan fingerprint density at radius 2 is 2.09 bits per heavy atom. The zero-order valence-corrected chi connectivity index (χ0v) is 13.7. The largest absolute Gasteiger partial charge is 0.361 e. The van der Waals surface area contributed by atoms with Crippen LogP contribution >= 0.6 is 0 Å².